The topological polar surface area (TPSA) is 62.2 Å². The van der Waals surface area contributed by atoms with Crippen LogP contribution in [0.4, 0.5) is 10.1 Å². The van der Waals surface area contributed by atoms with Gasteiger partial charge in [0.05, 0.1) is 10.5 Å². The number of hydrogen-bond donors (Lipinski definition) is 0. The van der Waals surface area contributed by atoms with Crippen LogP contribution in [0.5, 0.6) is 11.5 Å². The number of benzene rings is 3. The van der Waals surface area contributed by atoms with Gasteiger partial charge in [-0.3, -0.25) is 0 Å². The minimum atomic E-state index is -3.78. The van der Waals surface area contributed by atoms with Crippen molar-refractivity contribution in [3.63, 3.8) is 0 Å². The zero-order chi connectivity index (χ0) is 23.0. The number of aliphatic imine (C=N–C) groups is 1. The van der Waals surface area contributed by atoms with Crippen LogP contribution in [0.15, 0.2) is 76.6 Å². The number of para-hydroxylation sites is 2. The molecule has 6 nitrogen and oxygen atoms in total. The van der Waals surface area contributed by atoms with Gasteiger partial charge in [0.1, 0.15) is 23.1 Å². The monoisotopic (exact) mass is 465 g/mol. The first-order valence-electron chi connectivity index (χ1n) is 10.9. The minimum absolute atomic E-state index is 0.0222. The van der Waals surface area contributed by atoms with E-state index in [1.54, 1.807) is 0 Å². The van der Waals surface area contributed by atoms with E-state index in [-0.39, 0.29) is 11.4 Å². The van der Waals surface area contributed by atoms with E-state index in [1.165, 1.54) is 22.5 Å². The second-order valence-corrected chi connectivity index (χ2v) is 10.1. The standard InChI is InChI=1S/C25H24FN3O3S/c1-18-10-11-23-21(16-18)25(27-22-8-2-3-9-24(22)32-23)28-12-5-13-29(15-14-28)33(30,31)20-7-4-6-19(26)17-20/h2-4,6-11,16-17H,5,12-15H2,1H3. The predicted octanol–water partition coefficient (Wildman–Crippen LogP) is 4.71. The van der Waals surface area contributed by atoms with Gasteiger partial charge >= 0.3 is 0 Å². The van der Waals surface area contributed by atoms with E-state index in [1.807, 2.05) is 49.4 Å². The van der Waals surface area contributed by atoms with Crippen molar-refractivity contribution in [2.75, 3.05) is 26.2 Å². The molecule has 2 heterocycles. The third kappa shape index (κ3) is 4.24. The van der Waals surface area contributed by atoms with Crippen LogP contribution in [0.25, 0.3) is 0 Å². The van der Waals surface area contributed by atoms with Crippen molar-refractivity contribution < 1.29 is 17.5 Å². The Balaban J connectivity index is 1.48. The summed E-state index contributed by atoms with van der Waals surface area (Å²) in [6.45, 7) is 3.76. The minimum Gasteiger partial charge on any atom is -0.454 e. The van der Waals surface area contributed by atoms with Gasteiger partial charge in [0.25, 0.3) is 0 Å². The summed E-state index contributed by atoms with van der Waals surface area (Å²) in [4.78, 5) is 7.04. The number of amidine groups is 1. The van der Waals surface area contributed by atoms with Gasteiger partial charge in [0, 0.05) is 26.2 Å². The molecule has 3 aromatic rings. The van der Waals surface area contributed by atoms with E-state index in [4.69, 9.17) is 9.73 Å². The summed E-state index contributed by atoms with van der Waals surface area (Å²) in [7, 11) is -3.78. The van der Waals surface area contributed by atoms with E-state index < -0.39 is 15.8 Å². The normalized spacial score (nSPS) is 16.7. The summed E-state index contributed by atoms with van der Waals surface area (Å²) in [6.07, 6.45) is 0.622. The Morgan fingerprint density at radius 1 is 0.909 bits per heavy atom. The molecular weight excluding hydrogens is 441 g/mol. The average Bonchev–Trinajstić information content (AvgIpc) is 3.14. The second-order valence-electron chi connectivity index (χ2n) is 8.21. The van der Waals surface area contributed by atoms with Crippen LogP contribution in [-0.2, 0) is 10.0 Å². The van der Waals surface area contributed by atoms with Gasteiger partial charge in [0.2, 0.25) is 10.0 Å². The second kappa shape index (κ2) is 8.61. The number of nitrogens with zero attached hydrogens (tertiary/aromatic N) is 3. The van der Waals surface area contributed by atoms with E-state index in [2.05, 4.69) is 4.90 Å². The maximum atomic E-state index is 13.7. The Bertz CT molecular complexity index is 1340. The maximum absolute atomic E-state index is 13.7. The fourth-order valence-corrected chi connectivity index (χ4v) is 5.70. The fraction of sp³-hybridized carbons (Fsp3) is 0.240. The molecule has 0 unspecified atom stereocenters. The molecule has 0 radical (unpaired) electrons. The summed E-state index contributed by atoms with van der Waals surface area (Å²) in [5.41, 5.74) is 2.70. The van der Waals surface area contributed by atoms with Crippen LogP contribution in [0.1, 0.15) is 17.5 Å². The molecule has 0 N–H and O–H groups in total. The third-order valence-corrected chi connectivity index (χ3v) is 7.77. The number of rotatable bonds is 2. The molecule has 2 aliphatic rings. The van der Waals surface area contributed by atoms with Crippen molar-refractivity contribution in [3.05, 3.63) is 83.7 Å². The first-order chi connectivity index (χ1) is 15.9. The molecular formula is C25H24FN3O3S. The lowest BCUT2D eigenvalue weighted by atomic mass is 10.1. The van der Waals surface area contributed by atoms with Crippen molar-refractivity contribution in [1.82, 2.24) is 9.21 Å². The van der Waals surface area contributed by atoms with Gasteiger partial charge in [-0.25, -0.2) is 17.8 Å². The zero-order valence-electron chi connectivity index (χ0n) is 18.2. The van der Waals surface area contributed by atoms with Crippen LogP contribution >= 0.6 is 0 Å². The SMILES string of the molecule is Cc1ccc2c(c1)C(N1CCCN(S(=O)(=O)c3cccc(F)c3)CC1)=Nc1ccccc1O2. The molecule has 1 saturated heterocycles. The lowest BCUT2D eigenvalue weighted by Gasteiger charge is -2.25. The van der Waals surface area contributed by atoms with Crippen molar-refractivity contribution >= 4 is 21.5 Å². The number of fused-ring (bicyclic) bond motifs is 2. The molecule has 5 rings (SSSR count). The predicted molar refractivity (Wildman–Crippen MR) is 125 cm³/mol. The molecule has 0 spiro atoms. The van der Waals surface area contributed by atoms with Gasteiger partial charge in [-0.15, -0.1) is 0 Å². The van der Waals surface area contributed by atoms with Crippen LogP contribution in [0.3, 0.4) is 0 Å². The molecule has 0 bridgehead atoms. The molecule has 1 fully saturated rings. The molecule has 0 saturated carbocycles. The Kier molecular flexibility index (Phi) is 5.64. The quantitative estimate of drug-likeness (QED) is 0.550. The van der Waals surface area contributed by atoms with Crippen LogP contribution in [0.2, 0.25) is 0 Å². The molecule has 170 valence electrons. The molecule has 8 heteroatoms. The van der Waals surface area contributed by atoms with Crippen molar-refractivity contribution in [1.29, 1.82) is 0 Å². The molecule has 2 aliphatic heterocycles. The average molecular weight is 466 g/mol. The zero-order valence-corrected chi connectivity index (χ0v) is 19.1. The first-order valence-corrected chi connectivity index (χ1v) is 12.3. The van der Waals surface area contributed by atoms with E-state index in [0.717, 1.165) is 34.5 Å². The number of ether oxygens (including phenoxy) is 1. The number of sulfonamides is 1. The first kappa shape index (κ1) is 21.6. The van der Waals surface area contributed by atoms with Crippen molar-refractivity contribution in [2.45, 2.75) is 18.2 Å². The molecule has 0 amide bonds. The van der Waals surface area contributed by atoms with Gasteiger partial charge in [-0.2, -0.15) is 4.31 Å². The summed E-state index contributed by atoms with van der Waals surface area (Å²) in [6, 6.07) is 18.8. The van der Waals surface area contributed by atoms with Gasteiger partial charge in [-0.05, 0) is 55.8 Å². The van der Waals surface area contributed by atoms with Crippen LogP contribution in [-0.4, -0.2) is 49.6 Å². The fourth-order valence-electron chi connectivity index (χ4n) is 4.20. The van der Waals surface area contributed by atoms with Gasteiger partial charge in [-0.1, -0.05) is 29.8 Å². The van der Waals surface area contributed by atoms with E-state index in [0.29, 0.717) is 31.8 Å². The van der Waals surface area contributed by atoms with Crippen LogP contribution in [0, 0.1) is 12.7 Å². The summed E-state index contributed by atoms with van der Waals surface area (Å²) < 4.78 is 47.5. The Labute approximate surface area is 193 Å². The van der Waals surface area contributed by atoms with Gasteiger partial charge in [0.15, 0.2) is 5.75 Å². The highest BCUT2D eigenvalue weighted by Gasteiger charge is 2.30. The molecule has 33 heavy (non-hydrogen) atoms. The Morgan fingerprint density at radius 3 is 2.61 bits per heavy atom. The third-order valence-electron chi connectivity index (χ3n) is 5.88. The summed E-state index contributed by atoms with van der Waals surface area (Å²) in [5.74, 6) is 1.61. The largest absolute Gasteiger partial charge is 0.454 e. The molecule has 0 aromatic heterocycles. The van der Waals surface area contributed by atoms with Crippen molar-refractivity contribution in [2.24, 2.45) is 4.99 Å². The highest BCUT2D eigenvalue weighted by atomic mass is 32.2. The Morgan fingerprint density at radius 2 is 1.76 bits per heavy atom. The lowest BCUT2D eigenvalue weighted by molar-refractivity contribution is 0.407. The molecule has 0 atom stereocenters. The molecule has 0 aliphatic carbocycles. The highest BCUT2D eigenvalue weighted by molar-refractivity contribution is 7.89. The van der Waals surface area contributed by atoms with Crippen molar-refractivity contribution in [3.8, 4) is 11.5 Å². The smallest absolute Gasteiger partial charge is 0.243 e. The number of aryl methyl sites for hydroxylation is 1. The summed E-state index contributed by atoms with van der Waals surface area (Å²) in [5, 5.41) is 0. The Hall–Kier alpha value is -3.23. The van der Waals surface area contributed by atoms with E-state index in [9.17, 15) is 12.8 Å². The maximum Gasteiger partial charge on any atom is 0.243 e. The van der Waals surface area contributed by atoms with Crippen LogP contribution < -0.4 is 4.74 Å². The molecule has 3 aromatic carbocycles. The highest BCUT2D eigenvalue weighted by Crippen LogP contribution is 2.38. The van der Waals surface area contributed by atoms with E-state index >= 15 is 0 Å². The number of hydrogen-bond acceptors (Lipinski definition) is 5. The van der Waals surface area contributed by atoms with Gasteiger partial charge < -0.3 is 9.64 Å². The lowest BCUT2D eigenvalue weighted by Crippen LogP contribution is -2.37. The summed E-state index contributed by atoms with van der Waals surface area (Å²) >= 11 is 0. The number of halogens is 1.